The predicted molar refractivity (Wildman–Crippen MR) is 117 cm³/mol. The van der Waals surface area contributed by atoms with Crippen molar-refractivity contribution >= 4 is 27.4 Å². The molecule has 142 valence electrons. The minimum Gasteiger partial charge on any atom is -0.365 e. The van der Waals surface area contributed by atoms with Gasteiger partial charge in [0.2, 0.25) is 0 Å². The number of rotatable bonds is 5. The van der Waals surface area contributed by atoms with Gasteiger partial charge in [0.15, 0.2) is 5.82 Å². The van der Waals surface area contributed by atoms with Crippen LogP contribution in [0.3, 0.4) is 0 Å². The standard InChI is InChI=1S/C22H18N6S/c1-14-17(12-25-28-14)11-24-21-19-18(15-6-3-2-4-7-15)13-29-22(19)27-20(26-21)16-8-5-9-23-10-16/h2-10,12-13H,11H2,1H3,(H,25,28)(H,24,26,27). The SMILES string of the molecule is Cc1[nH]ncc1CNc1nc(-c2cccnc2)nc2scc(-c3ccccc3)c12. The summed E-state index contributed by atoms with van der Waals surface area (Å²) in [5, 5.41) is 13.8. The normalized spacial score (nSPS) is 11.1. The number of hydrogen-bond donors (Lipinski definition) is 2. The number of benzene rings is 1. The van der Waals surface area contributed by atoms with E-state index in [0.717, 1.165) is 44.0 Å². The number of hydrogen-bond acceptors (Lipinski definition) is 6. The van der Waals surface area contributed by atoms with E-state index in [1.807, 2.05) is 43.5 Å². The zero-order valence-electron chi connectivity index (χ0n) is 15.8. The van der Waals surface area contributed by atoms with E-state index in [9.17, 15) is 0 Å². The molecule has 7 heteroatoms. The summed E-state index contributed by atoms with van der Waals surface area (Å²) in [6.07, 6.45) is 5.38. The second kappa shape index (κ2) is 7.44. The van der Waals surface area contributed by atoms with Crippen molar-refractivity contribution in [2.75, 3.05) is 5.32 Å². The van der Waals surface area contributed by atoms with Gasteiger partial charge in [-0.05, 0) is 24.6 Å². The van der Waals surface area contributed by atoms with Gasteiger partial charge in [-0.3, -0.25) is 10.1 Å². The van der Waals surface area contributed by atoms with Gasteiger partial charge in [0.1, 0.15) is 10.6 Å². The third-order valence-electron chi connectivity index (χ3n) is 4.82. The second-order valence-electron chi connectivity index (χ2n) is 6.71. The van der Waals surface area contributed by atoms with Crippen LogP contribution < -0.4 is 5.32 Å². The molecule has 0 aliphatic carbocycles. The van der Waals surface area contributed by atoms with E-state index < -0.39 is 0 Å². The van der Waals surface area contributed by atoms with Crippen LogP contribution in [0, 0.1) is 6.92 Å². The Morgan fingerprint density at radius 1 is 1.00 bits per heavy atom. The van der Waals surface area contributed by atoms with Crippen LogP contribution >= 0.6 is 11.3 Å². The summed E-state index contributed by atoms with van der Waals surface area (Å²) in [4.78, 5) is 14.9. The molecule has 0 radical (unpaired) electrons. The van der Waals surface area contributed by atoms with E-state index in [-0.39, 0.29) is 0 Å². The van der Waals surface area contributed by atoms with Gasteiger partial charge >= 0.3 is 0 Å². The van der Waals surface area contributed by atoms with E-state index in [0.29, 0.717) is 12.4 Å². The monoisotopic (exact) mass is 398 g/mol. The number of aromatic nitrogens is 5. The van der Waals surface area contributed by atoms with Crippen molar-refractivity contribution in [3.63, 3.8) is 0 Å². The van der Waals surface area contributed by atoms with Crippen LogP contribution in [0.4, 0.5) is 5.82 Å². The van der Waals surface area contributed by atoms with Crippen molar-refractivity contribution in [1.29, 1.82) is 0 Å². The molecule has 5 aromatic rings. The van der Waals surface area contributed by atoms with Crippen molar-refractivity contribution in [2.45, 2.75) is 13.5 Å². The van der Waals surface area contributed by atoms with Crippen molar-refractivity contribution < 1.29 is 0 Å². The number of aryl methyl sites for hydroxylation is 1. The first-order valence-corrected chi connectivity index (χ1v) is 10.2. The molecule has 0 aliphatic heterocycles. The van der Waals surface area contributed by atoms with E-state index in [1.165, 1.54) is 0 Å². The first-order chi connectivity index (χ1) is 14.3. The molecule has 0 spiro atoms. The first kappa shape index (κ1) is 17.5. The summed E-state index contributed by atoms with van der Waals surface area (Å²) in [5.74, 6) is 1.48. The molecule has 29 heavy (non-hydrogen) atoms. The Labute approximate surface area is 171 Å². The average molecular weight is 398 g/mol. The molecule has 6 nitrogen and oxygen atoms in total. The molecule has 0 aliphatic rings. The summed E-state index contributed by atoms with van der Waals surface area (Å²) < 4.78 is 0. The molecule has 2 N–H and O–H groups in total. The Morgan fingerprint density at radius 2 is 1.86 bits per heavy atom. The fourth-order valence-electron chi connectivity index (χ4n) is 3.26. The highest BCUT2D eigenvalue weighted by Crippen LogP contribution is 2.38. The van der Waals surface area contributed by atoms with Crippen LogP contribution in [-0.4, -0.2) is 25.1 Å². The number of fused-ring (bicyclic) bond motifs is 1. The zero-order chi connectivity index (χ0) is 19.6. The Hall–Kier alpha value is -3.58. The fraction of sp³-hybridized carbons (Fsp3) is 0.0909. The highest BCUT2D eigenvalue weighted by molar-refractivity contribution is 7.17. The van der Waals surface area contributed by atoms with E-state index in [1.54, 1.807) is 23.7 Å². The minimum absolute atomic E-state index is 0.630. The van der Waals surface area contributed by atoms with Crippen LogP contribution in [0.5, 0.6) is 0 Å². The van der Waals surface area contributed by atoms with Crippen LogP contribution in [-0.2, 0) is 6.54 Å². The maximum absolute atomic E-state index is 4.87. The molecule has 0 atom stereocenters. The van der Waals surface area contributed by atoms with Crippen molar-refractivity contribution in [1.82, 2.24) is 25.1 Å². The third kappa shape index (κ3) is 3.36. The highest BCUT2D eigenvalue weighted by atomic mass is 32.1. The van der Waals surface area contributed by atoms with Crippen LogP contribution in [0.15, 0.2) is 66.4 Å². The van der Waals surface area contributed by atoms with Gasteiger partial charge in [0.25, 0.3) is 0 Å². The third-order valence-corrected chi connectivity index (χ3v) is 5.69. The van der Waals surface area contributed by atoms with Crippen LogP contribution in [0.25, 0.3) is 32.7 Å². The summed E-state index contributed by atoms with van der Waals surface area (Å²) in [6, 6.07) is 14.2. The maximum atomic E-state index is 4.87. The lowest BCUT2D eigenvalue weighted by molar-refractivity contribution is 1.04. The summed E-state index contributed by atoms with van der Waals surface area (Å²) in [7, 11) is 0. The quantitative estimate of drug-likeness (QED) is 0.432. The molecule has 4 aromatic heterocycles. The van der Waals surface area contributed by atoms with Gasteiger partial charge in [-0.1, -0.05) is 30.3 Å². The van der Waals surface area contributed by atoms with Crippen molar-refractivity contribution in [3.8, 4) is 22.5 Å². The lowest BCUT2D eigenvalue weighted by Gasteiger charge is -2.10. The maximum Gasteiger partial charge on any atom is 0.164 e. The largest absolute Gasteiger partial charge is 0.365 e. The zero-order valence-corrected chi connectivity index (χ0v) is 16.6. The van der Waals surface area contributed by atoms with Crippen molar-refractivity contribution in [2.24, 2.45) is 0 Å². The molecule has 0 saturated carbocycles. The van der Waals surface area contributed by atoms with Crippen LogP contribution in [0.1, 0.15) is 11.3 Å². The number of nitrogens with one attached hydrogen (secondary N) is 2. The fourth-order valence-corrected chi connectivity index (χ4v) is 4.20. The second-order valence-corrected chi connectivity index (χ2v) is 7.56. The highest BCUT2D eigenvalue weighted by Gasteiger charge is 2.16. The summed E-state index contributed by atoms with van der Waals surface area (Å²) >= 11 is 1.63. The molecular formula is C22H18N6S. The van der Waals surface area contributed by atoms with E-state index in [2.05, 4.69) is 38.0 Å². The van der Waals surface area contributed by atoms with Gasteiger partial charge in [-0.15, -0.1) is 11.3 Å². The van der Waals surface area contributed by atoms with Gasteiger partial charge in [-0.25, -0.2) is 9.97 Å². The molecule has 0 saturated heterocycles. The number of pyridine rings is 1. The number of anilines is 1. The Bertz CT molecular complexity index is 1260. The van der Waals surface area contributed by atoms with Crippen molar-refractivity contribution in [3.05, 3.63) is 77.7 Å². The Balaban J connectivity index is 1.65. The van der Waals surface area contributed by atoms with E-state index in [4.69, 9.17) is 9.97 Å². The molecule has 4 heterocycles. The van der Waals surface area contributed by atoms with Gasteiger partial charge in [-0.2, -0.15) is 5.10 Å². The number of thiophene rings is 1. The predicted octanol–water partition coefficient (Wildman–Crippen LogP) is 5.06. The first-order valence-electron chi connectivity index (χ1n) is 9.27. The molecule has 0 amide bonds. The Kier molecular flexibility index (Phi) is 4.50. The summed E-state index contributed by atoms with van der Waals surface area (Å²) in [5.41, 5.74) is 5.33. The lowest BCUT2D eigenvalue weighted by atomic mass is 10.1. The van der Waals surface area contributed by atoms with Gasteiger partial charge in [0.05, 0.1) is 11.6 Å². The molecule has 0 unspecified atom stereocenters. The summed E-state index contributed by atoms with van der Waals surface area (Å²) in [6.45, 7) is 2.64. The average Bonchev–Trinajstić information content (AvgIpc) is 3.39. The smallest absolute Gasteiger partial charge is 0.164 e. The lowest BCUT2D eigenvalue weighted by Crippen LogP contribution is -2.04. The molecular weight excluding hydrogens is 380 g/mol. The molecule has 0 fully saturated rings. The number of H-pyrrole nitrogens is 1. The van der Waals surface area contributed by atoms with E-state index >= 15 is 0 Å². The number of aromatic amines is 1. The Morgan fingerprint density at radius 3 is 2.62 bits per heavy atom. The van der Waals surface area contributed by atoms with Gasteiger partial charge < -0.3 is 5.32 Å². The molecule has 1 aromatic carbocycles. The number of nitrogens with zero attached hydrogens (tertiary/aromatic N) is 4. The minimum atomic E-state index is 0.630. The topological polar surface area (TPSA) is 79.4 Å². The van der Waals surface area contributed by atoms with Crippen LogP contribution in [0.2, 0.25) is 0 Å². The molecule has 0 bridgehead atoms. The molecule has 5 rings (SSSR count). The van der Waals surface area contributed by atoms with Gasteiger partial charge in [0, 0.05) is 46.7 Å².